The average Bonchev–Trinajstić information content (AvgIpc) is 2.88. The lowest BCUT2D eigenvalue weighted by Gasteiger charge is -2.13. The summed E-state index contributed by atoms with van der Waals surface area (Å²) in [5.74, 6) is 0.335. The van der Waals surface area contributed by atoms with Crippen LogP contribution in [0.4, 0.5) is 0 Å². The molecule has 2 rings (SSSR count). The third-order valence-electron chi connectivity index (χ3n) is 2.87. The van der Waals surface area contributed by atoms with E-state index in [1.54, 1.807) is 0 Å². The van der Waals surface area contributed by atoms with Crippen LogP contribution >= 0.6 is 12.2 Å². The minimum atomic E-state index is -2.85. The molecule has 1 atom stereocenters. The molecular weight excluding hydrogens is 232 g/mol. The van der Waals surface area contributed by atoms with Crippen molar-refractivity contribution in [2.24, 2.45) is 0 Å². The second kappa shape index (κ2) is 4.25. The molecule has 15 heavy (non-hydrogen) atoms. The van der Waals surface area contributed by atoms with Gasteiger partial charge in [-0.25, -0.2) is 8.42 Å². The summed E-state index contributed by atoms with van der Waals surface area (Å²) in [4.78, 5) is 0. The van der Waals surface area contributed by atoms with Crippen molar-refractivity contribution in [3.63, 3.8) is 0 Å². The molecule has 2 fully saturated rings. The first-order valence-corrected chi connectivity index (χ1v) is 7.46. The van der Waals surface area contributed by atoms with E-state index >= 15 is 0 Å². The molecule has 1 saturated heterocycles. The molecule has 2 aliphatic rings. The molecule has 86 valence electrons. The largest absolute Gasteiger partial charge is 0.361 e. The molecule has 0 spiro atoms. The van der Waals surface area contributed by atoms with Crippen LogP contribution in [0.2, 0.25) is 0 Å². The topological polar surface area (TPSA) is 58.2 Å². The molecule has 1 aliphatic heterocycles. The van der Waals surface area contributed by atoms with Crippen molar-refractivity contribution in [3.05, 3.63) is 0 Å². The van der Waals surface area contributed by atoms with Gasteiger partial charge in [0.25, 0.3) is 0 Å². The van der Waals surface area contributed by atoms with Crippen LogP contribution in [0.3, 0.4) is 0 Å². The van der Waals surface area contributed by atoms with Crippen molar-refractivity contribution in [1.82, 2.24) is 10.6 Å². The fraction of sp³-hybridized carbons (Fsp3) is 0.889. The minimum Gasteiger partial charge on any atom is -0.361 e. The standard InChI is InChI=1S/C9H16N2O2S2/c12-15(13)5-1-2-8(15)6-10-9(14)11-7-3-4-7/h7-8H,1-6H2,(H2,10,11,14). The van der Waals surface area contributed by atoms with E-state index in [9.17, 15) is 8.42 Å². The zero-order valence-corrected chi connectivity index (χ0v) is 10.2. The van der Waals surface area contributed by atoms with E-state index in [2.05, 4.69) is 10.6 Å². The Morgan fingerprint density at radius 3 is 2.60 bits per heavy atom. The van der Waals surface area contributed by atoms with Crippen molar-refractivity contribution in [3.8, 4) is 0 Å². The molecule has 0 aromatic rings. The van der Waals surface area contributed by atoms with Gasteiger partial charge in [0.15, 0.2) is 14.9 Å². The number of nitrogens with one attached hydrogen (secondary N) is 2. The normalized spacial score (nSPS) is 28.7. The summed E-state index contributed by atoms with van der Waals surface area (Å²) in [7, 11) is -2.85. The van der Waals surface area contributed by atoms with Crippen LogP contribution in [0, 0.1) is 0 Å². The van der Waals surface area contributed by atoms with Gasteiger partial charge < -0.3 is 10.6 Å². The predicted molar refractivity (Wildman–Crippen MR) is 63.6 cm³/mol. The van der Waals surface area contributed by atoms with Crippen molar-refractivity contribution in [1.29, 1.82) is 0 Å². The van der Waals surface area contributed by atoms with Crippen molar-refractivity contribution in [2.45, 2.75) is 37.0 Å². The summed E-state index contributed by atoms with van der Waals surface area (Å²) in [5, 5.41) is 6.48. The highest BCUT2D eigenvalue weighted by molar-refractivity contribution is 7.92. The number of hydrogen-bond acceptors (Lipinski definition) is 3. The fourth-order valence-electron chi connectivity index (χ4n) is 1.76. The van der Waals surface area contributed by atoms with Crippen LogP contribution in [0.5, 0.6) is 0 Å². The molecule has 1 unspecified atom stereocenters. The summed E-state index contributed by atoms with van der Waals surface area (Å²) in [6.07, 6.45) is 3.89. The highest BCUT2D eigenvalue weighted by Gasteiger charge is 2.31. The van der Waals surface area contributed by atoms with E-state index in [0.717, 1.165) is 12.8 Å². The number of hydrogen-bond donors (Lipinski definition) is 2. The lowest BCUT2D eigenvalue weighted by Crippen LogP contribution is -2.41. The Kier molecular flexibility index (Phi) is 3.16. The zero-order valence-electron chi connectivity index (χ0n) is 8.53. The predicted octanol–water partition coefficient (Wildman–Crippen LogP) is 0.190. The quantitative estimate of drug-likeness (QED) is 0.698. The summed E-state index contributed by atoms with van der Waals surface area (Å²) >= 11 is 5.06. The molecule has 0 radical (unpaired) electrons. The molecule has 4 nitrogen and oxygen atoms in total. The molecule has 1 saturated carbocycles. The van der Waals surface area contributed by atoms with Gasteiger partial charge in [-0.05, 0) is 37.9 Å². The zero-order chi connectivity index (χ0) is 10.9. The van der Waals surface area contributed by atoms with Crippen molar-refractivity contribution < 1.29 is 8.42 Å². The Bertz CT molecular complexity index is 349. The molecular formula is C9H16N2O2S2. The maximum atomic E-state index is 11.5. The Hall–Kier alpha value is -0.360. The van der Waals surface area contributed by atoms with Crippen molar-refractivity contribution >= 4 is 27.2 Å². The second-order valence-corrected chi connectivity index (χ2v) is 7.07. The Labute approximate surface area is 95.7 Å². The Morgan fingerprint density at radius 2 is 2.07 bits per heavy atom. The number of thiocarbonyl (C=S) groups is 1. The van der Waals surface area contributed by atoms with E-state index in [-0.39, 0.29) is 5.25 Å². The summed E-state index contributed by atoms with van der Waals surface area (Å²) in [6, 6.07) is 0.519. The third kappa shape index (κ3) is 3.04. The van der Waals surface area contributed by atoms with Gasteiger partial charge in [-0.2, -0.15) is 0 Å². The average molecular weight is 248 g/mol. The molecule has 2 N–H and O–H groups in total. The highest BCUT2D eigenvalue weighted by atomic mass is 32.2. The summed E-state index contributed by atoms with van der Waals surface area (Å²) in [6.45, 7) is 0.459. The van der Waals surface area contributed by atoms with Gasteiger partial charge in [0, 0.05) is 12.6 Å². The van der Waals surface area contributed by atoms with Gasteiger partial charge in [-0.3, -0.25) is 0 Å². The van der Waals surface area contributed by atoms with Gasteiger partial charge in [0.1, 0.15) is 0 Å². The van der Waals surface area contributed by atoms with Crippen LogP contribution in [-0.2, 0) is 9.84 Å². The SMILES string of the molecule is O=S1(=O)CCCC1CNC(=S)NC1CC1. The number of sulfone groups is 1. The lowest BCUT2D eigenvalue weighted by atomic mass is 10.2. The van der Waals surface area contributed by atoms with Crippen LogP contribution < -0.4 is 10.6 Å². The van der Waals surface area contributed by atoms with E-state index in [4.69, 9.17) is 12.2 Å². The first kappa shape index (κ1) is 11.1. The van der Waals surface area contributed by atoms with E-state index in [0.29, 0.717) is 23.5 Å². The lowest BCUT2D eigenvalue weighted by molar-refractivity contribution is 0.586. The highest BCUT2D eigenvalue weighted by Crippen LogP contribution is 2.20. The Balaban J connectivity index is 1.74. The first-order chi connectivity index (χ1) is 7.08. The maximum absolute atomic E-state index is 11.5. The van der Waals surface area contributed by atoms with Gasteiger partial charge in [0.2, 0.25) is 0 Å². The van der Waals surface area contributed by atoms with Crippen LogP contribution in [0.1, 0.15) is 25.7 Å². The second-order valence-electron chi connectivity index (χ2n) is 4.26. The number of rotatable bonds is 3. The molecule has 6 heteroatoms. The molecule has 0 amide bonds. The monoisotopic (exact) mass is 248 g/mol. The first-order valence-electron chi connectivity index (χ1n) is 5.34. The van der Waals surface area contributed by atoms with E-state index in [1.807, 2.05) is 0 Å². The van der Waals surface area contributed by atoms with Gasteiger partial charge in [-0.15, -0.1) is 0 Å². The van der Waals surface area contributed by atoms with E-state index < -0.39 is 9.84 Å². The van der Waals surface area contributed by atoms with Gasteiger partial charge in [0.05, 0.1) is 11.0 Å². The smallest absolute Gasteiger partial charge is 0.166 e. The van der Waals surface area contributed by atoms with E-state index in [1.165, 1.54) is 12.8 Å². The Morgan fingerprint density at radius 1 is 1.33 bits per heavy atom. The molecule has 1 aliphatic carbocycles. The van der Waals surface area contributed by atoms with Crippen LogP contribution in [-0.4, -0.2) is 37.1 Å². The van der Waals surface area contributed by atoms with Crippen LogP contribution in [0.25, 0.3) is 0 Å². The molecule has 1 heterocycles. The molecule has 0 aromatic heterocycles. The van der Waals surface area contributed by atoms with Gasteiger partial charge in [-0.1, -0.05) is 0 Å². The third-order valence-corrected chi connectivity index (χ3v) is 5.40. The van der Waals surface area contributed by atoms with Crippen molar-refractivity contribution in [2.75, 3.05) is 12.3 Å². The molecule has 0 bridgehead atoms. The summed E-state index contributed by atoms with van der Waals surface area (Å²) in [5.41, 5.74) is 0. The summed E-state index contributed by atoms with van der Waals surface area (Å²) < 4.78 is 23.0. The fourth-order valence-corrected chi connectivity index (χ4v) is 3.77. The van der Waals surface area contributed by atoms with Gasteiger partial charge >= 0.3 is 0 Å². The maximum Gasteiger partial charge on any atom is 0.166 e. The van der Waals surface area contributed by atoms with Crippen LogP contribution in [0.15, 0.2) is 0 Å². The molecule has 0 aromatic carbocycles. The minimum absolute atomic E-state index is 0.239.